The average molecular weight is 351 g/mol. The molecule has 5 nitrogen and oxygen atoms in total. The molecule has 1 aromatic heterocycles. The number of aromatic nitrogens is 1. The smallest absolute Gasteiger partial charge is 0.165 e. The Morgan fingerprint density at radius 3 is 2.20 bits per heavy atom. The summed E-state index contributed by atoms with van der Waals surface area (Å²) in [6.07, 6.45) is 10.7. The molecule has 0 saturated heterocycles. The average Bonchev–Trinajstić information content (AvgIpc) is 2.61. The third kappa shape index (κ3) is 7.12. The number of hydrogen-bond donors (Lipinski definition) is 3. The van der Waals surface area contributed by atoms with E-state index in [1.54, 1.807) is 6.92 Å². The molecule has 0 aromatic carbocycles. The minimum atomic E-state index is -1.40. The van der Waals surface area contributed by atoms with Gasteiger partial charge < -0.3 is 15.3 Å². The molecule has 0 amide bonds. The molecule has 0 aliphatic heterocycles. The van der Waals surface area contributed by atoms with E-state index in [-0.39, 0.29) is 35.7 Å². The van der Waals surface area contributed by atoms with Gasteiger partial charge in [-0.15, -0.1) is 0 Å². The van der Waals surface area contributed by atoms with Gasteiger partial charge >= 0.3 is 0 Å². The molecule has 1 atom stereocenters. The molecule has 0 fully saturated rings. The van der Waals surface area contributed by atoms with Gasteiger partial charge in [-0.05, 0) is 13.3 Å². The van der Waals surface area contributed by atoms with Crippen LogP contribution in [-0.2, 0) is 11.4 Å². The molecule has 0 radical (unpaired) electrons. The van der Waals surface area contributed by atoms with Gasteiger partial charge in [0.25, 0.3) is 0 Å². The van der Waals surface area contributed by atoms with E-state index in [1.807, 2.05) is 0 Å². The first kappa shape index (κ1) is 21.6. The standard InChI is InChI=1S/C20H33NO4/c1-3-4-5-6-7-8-9-10-11-12-17(23)20(25)18-16(14-22)13-21-15(2)19(18)24/h13,20,22,24-25H,3-12,14H2,1-2H3. The molecule has 1 rings (SSSR count). The van der Waals surface area contributed by atoms with Crippen molar-refractivity contribution in [1.29, 1.82) is 0 Å². The van der Waals surface area contributed by atoms with Crippen molar-refractivity contribution in [2.45, 2.75) is 90.8 Å². The van der Waals surface area contributed by atoms with Gasteiger partial charge in [0, 0.05) is 23.7 Å². The summed E-state index contributed by atoms with van der Waals surface area (Å²) in [5.41, 5.74) is 0.717. The van der Waals surface area contributed by atoms with Crippen molar-refractivity contribution < 1.29 is 20.1 Å². The summed E-state index contributed by atoms with van der Waals surface area (Å²) in [4.78, 5) is 16.2. The highest BCUT2D eigenvalue weighted by Crippen LogP contribution is 2.31. The van der Waals surface area contributed by atoms with Crippen LogP contribution >= 0.6 is 0 Å². The molecule has 0 bridgehead atoms. The van der Waals surface area contributed by atoms with Crippen LogP contribution in [0.4, 0.5) is 0 Å². The second-order valence-corrected chi connectivity index (χ2v) is 6.74. The summed E-state index contributed by atoms with van der Waals surface area (Å²) < 4.78 is 0. The van der Waals surface area contributed by atoms with E-state index < -0.39 is 6.10 Å². The number of nitrogens with zero attached hydrogens (tertiary/aromatic N) is 1. The van der Waals surface area contributed by atoms with Crippen molar-refractivity contribution in [3.05, 3.63) is 23.0 Å². The SMILES string of the molecule is CCCCCCCCCCCC(=O)C(O)c1c(CO)cnc(C)c1O. The number of hydrogen-bond acceptors (Lipinski definition) is 5. The Kier molecular flexibility index (Phi) is 10.3. The number of aromatic hydroxyl groups is 1. The summed E-state index contributed by atoms with van der Waals surface area (Å²) in [5.74, 6) is -0.530. The second kappa shape index (κ2) is 12.0. The predicted octanol–water partition coefficient (Wildman–Crippen LogP) is 4.11. The normalized spacial score (nSPS) is 12.3. The number of carbonyl (C=O) groups is 1. The number of aryl methyl sites for hydroxylation is 1. The third-order valence-corrected chi connectivity index (χ3v) is 4.63. The minimum Gasteiger partial charge on any atom is -0.506 e. The monoisotopic (exact) mass is 351 g/mol. The highest BCUT2D eigenvalue weighted by atomic mass is 16.3. The molecule has 0 saturated carbocycles. The van der Waals surface area contributed by atoms with Crippen LogP contribution in [0.5, 0.6) is 5.75 Å². The van der Waals surface area contributed by atoms with Gasteiger partial charge in [0.15, 0.2) is 5.78 Å². The summed E-state index contributed by atoms with van der Waals surface area (Å²) >= 11 is 0. The number of aliphatic hydroxyl groups is 2. The topological polar surface area (TPSA) is 90.7 Å². The van der Waals surface area contributed by atoms with Crippen molar-refractivity contribution in [2.75, 3.05) is 0 Å². The molecule has 0 aliphatic carbocycles. The highest BCUT2D eigenvalue weighted by molar-refractivity contribution is 5.85. The van der Waals surface area contributed by atoms with Gasteiger partial charge in [-0.1, -0.05) is 58.3 Å². The molecule has 0 spiro atoms. The largest absolute Gasteiger partial charge is 0.506 e. The zero-order valence-corrected chi connectivity index (χ0v) is 15.6. The molecule has 142 valence electrons. The van der Waals surface area contributed by atoms with Crippen molar-refractivity contribution in [1.82, 2.24) is 4.98 Å². The fraction of sp³-hybridized carbons (Fsp3) is 0.700. The van der Waals surface area contributed by atoms with Gasteiger partial charge in [0.05, 0.1) is 12.3 Å². The number of Topliss-reactive ketones (excluding diaryl/α,β-unsaturated/α-hetero) is 1. The summed E-state index contributed by atoms with van der Waals surface area (Å²) in [6.45, 7) is 3.43. The Balaban J connectivity index is 2.37. The van der Waals surface area contributed by atoms with E-state index in [0.29, 0.717) is 5.69 Å². The van der Waals surface area contributed by atoms with Crippen LogP contribution < -0.4 is 0 Å². The molecule has 1 heterocycles. The van der Waals surface area contributed by atoms with Gasteiger partial charge in [0.2, 0.25) is 0 Å². The van der Waals surface area contributed by atoms with Crippen LogP contribution in [0.2, 0.25) is 0 Å². The summed E-state index contributed by atoms with van der Waals surface area (Å²) in [5, 5.41) is 29.7. The highest BCUT2D eigenvalue weighted by Gasteiger charge is 2.24. The fourth-order valence-corrected chi connectivity index (χ4v) is 2.99. The van der Waals surface area contributed by atoms with Crippen molar-refractivity contribution in [3.63, 3.8) is 0 Å². The Hall–Kier alpha value is -1.46. The maximum atomic E-state index is 12.2. The summed E-state index contributed by atoms with van der Waals surface area (Å²) in [7, 11) is 0. The van der Waals surface area contributed by atoms with Gasteiger partial charge in [0.1, 0.15) is 11.9 Å². The number of carbonyl (C=O) groups excluding carboxylic acids is 1. The Morgan fingerprint density at radius 1 is 1.08 bits per heavy atom. The Bertz CT molecular complexity index is 531. The van der Waals surface area contributed by atoms with E-state index >= 15 is 0 Å². The van der Waals surface area contributed by atoms with Crippen LogP contribution in [0.1, 0.15) is 94.1 Å². The number of aliphatic hydroxyl groups excluding tert-OH is 2. The molecular formula is C20H33NO4. The van der Waals surface area contributed by atoms with E-state index in [1.165, 1.54) is 44.7 Å². The van der Waals surface area contributed by atoms with E-state index in [9.17, 15) is 20.1 Å². The lowest BCUT2D eigenvalue weighted by molar-refractivity contribution is -0.127. The first-order valence-corrected chi connectivity index (χ1v) is 9.51. The van der Waals surface area contributed by atoms with E-state index in [2.05, 4.69) is 11.9 Å². The number of rotatable bonds is 13. The van der Waals surface area contributed by atoms with Crippen LogP contribution in [-0.4, -0.2) is 26.1 Å². The van der Waals surface area contributed by atoms with Crippen LogP contribution in [0, 0.1) is 6.92 Å². The third-order valence-electron chi connectivity index (χ3n) is 4.63. The second-order valence-electron chi connectivity index (χ2n) is 6.74. The Morgan fingerprint density at radius 2 is 1.64 bits per heavy atom. The molecule has 1 aromatic rings. The van der Waals surface area contributed by atoms with E-state index in [4.69, 9.17) is 0 Å². The first-order valence-electron chi connectivity index (χ1n) is 9.51. The van der Waals surface area contributed by atoms with Gasteiger partial charge in [-0.2, -0.15) is 0 Å². The lowest BCUT2D eigenvalue weighted by Crippen LogP contribution is -2.15. The van der Waals surface area contributed by atoms with Crippen molar-refractivity contribution in [3.8, 4) is 5.75 Å². The van der Waals surface area contributed by atoms with Crippen molar-refractivity contribution in [2.24, 2.45) is 0 Å². The molecule has 3 N–H and O–H groups in total. The summed E-state index contributed by atoms with van der Waals surface area (Å²) in [6, 6.07) is 0. The zero-order valence-electron chi connectivity index (χ0n) is 15.6. The van der Waals surface area contributed by atoms with E-state index in [0.717, 1.165) is 19.3 Å². The maximum absolute atomic E-state index is 12.2. The molecule has 0 aliphatic rings. The molecular weight excluding hydrogens is 318 g/mol. The fourth-order valence-electron chi connectivity index (χ4n) is 2.99. The lowest BCUT2D eigenvalue weighted by Gasteiger charge is -2.16. The molecule has 1 unspecified atom stereocenters. The first-order chi connectivity index (χ1) is 12.0. The lowest BCUT2D eigenvalue weighted by atomic mass is 9.96. The quantitative estimate of drug-likeness (QED) is 0.465. The van der Waals surface area contributed by atoms with Crippen molar-refractivity contribution >= 4 is 5.78 Å². The number of pyridine rings is 1. The zero-order chi connectivity index (χ0) is 18.7. The Labute approximate surface area is 151 Å². The molecule has 5 heteroatoms. The number of unbranched alkanes of at least 4 members (excludes halogenated alkanes) is 8. The van der Waals surface area contributed by atoms with Crippen LogP contribution in [0.3, 0.4) is 0 Å². The minimum absolute atomic E-state index is 0.0934. The van der Waals surface area contributed by atoms with Crippen LogP contribution in [0.15, 0.2) is 6.20 Å². The predicted molar refractivity (Wildman–Crippen MR) is 98.4 cm³/mol. The van der Waals surface area contributed by atoms with Gasteiger partial charge in [-0.3, -0.25) is 9.78 Å². The number of ketones is 1. The van der Waals surface area contributed by atoms with Crippen LogP contribution in [0.25, 0.3) is 0 Å². The van der Waals surface area contributed by atoms with Gasteiger partial charge in [-0.25, -0.2) is 0 Å². The maximum Gasteiger partial charge on any atom is 0.165 e. The molecule has 25 heavy (non-hydrogen) atoms.